The zero-order valence-electron chi connectivity index (χ0n) is 13.0. The van der Waals surface area contributed by atoms with Crippen LogP contribution in [-0.4, -0.2) is 44.4 Å². The van der Waals surface area contributed by atoms with Crippen LogP contribution in [0.1, 0.15) is 45.9 Å². The maximum Gasteiger partial charge on any atom is 0.324 e. The van der Waals surface area contributed by atoms with Crippen LogP contribution in [0.2, 0.25) is 0 Å². The lowest BCUT2D eigenvalue weighted by molar-refractivity contribution is -0.127. The van der Waals surface area contributed by atoms with Gasteiger partial charge in [-0.15, -0.1) is 5.10 Å². The largest absolute Gasteiger partial charge is 0.325 e. The first-order valence-corrected chi connectivity index (χ1v) is 7.45. The zero-order valence-corrected chi connectivity index (χ0v) is 13.0. The van der Waals surface area contributed by atoms with Crippen molar-refractivity contribution in [1.29, 1.82) is 0 Å². The second kappa shape index (κ2) is 6.24. The number of nitrogens with zero attached hydrogens (tertiary/aromatic N) is 4. The smallest absolute Gasteiger partial charge is 0.324 e. The third-order valence-corrected chi connectivity index (χ3v) is 3.80. The molecule has 1 aliphatic heterocycles. The Morgan fingerprint density at radius 2 is 2.05 bits per heavy atom. The van der Waals surface area contributed by atoms with Crippen molar-refractivity contribution in [1.82, 2.24) is 25.2 Å². The lowest BCUT2D eigenvalue weighted by Gasteiger charge is -2.16. The van der Waals surface area contributed by atoms with E-state index in [9.17, 15) is 9.59 Å². The van der Waals surface area contributed by atoms with Crippen LogP contribution < -0.4 is 5.32 Å². The average molecular weight is 293 g/mol. The summed E-state index contributed by atoms with van der Waals surface area (Å²) in [7, 11) is 0. The number of urea groups is 1. The molecule has 7 heteroatoms. The minimum absolute atomic E-state index is 0.167. The van der Waals surface area contributed by atoms with Gasteiger partial charge >= 0.3 is 6.03 Å². The molecule has 7 nitrogen and oxygen atoms in total. The van der Waals surface area contributed by atoms with Crippen LogP contribution in [-0.2, 0) is 11.2 Å². The monoisotopic (exact) mass is 293 g/mol. The van der Waals surface area contributed by atoms with Crippen LogP contribution in [0.4, 0.5) is 4.79 Å². The van der Waals surface area contributed by atoms with E-state index in [1.54, 1.807) is 4.68 Å². The molecule has 2 rings (SSSR count). The molecule has 3 amide bonds. The predicted molar refractivity (Wildman–Crippen MR) is 77.6 cm³/mol. The van der Waals surface area contributed by atoms with Crippen LogP contribution in [0.5, 0.6) is 0 Å². The summed E-state index contributed by atoms with van der Waals surface area (Å²) in [5.74, 6) is 0.139. The predicted octanol–water partition coefficient (Wildman–Crippen LogP) is 1.37. The number of hydrogen-bond donors (Lipinski definition) is 1. The summed E-state index contributed by atoms with van der Waals surface area (Å²) < 4.78 is 1.74. The average Bonchev–Trinajstić information content (AvgIpc) is 3.00. The number of carbonyl (C=O) groups excluding carboxylic acids is 2. The maximum atomic E-state index is 12.3. The van der Waals surface area contributed by atoms with Gasteiger partial charge in [-0.05, 0) is 19.8 Å². The third kappa shape index (κ3) is 3.40. The summed E-state index contributed by atoms with van der Waals surface area (Å²) in [6.45, 7) is 8.56. The number of aromatic nitrogens is 3. The van der Waals surface area contributed by atoms with E-state index in [2.05, 4.69) is 15.6 Å². The van der Waals surface area contributed by atoms with Gasteiger partial charge in [0.25, 0.3) is 5.91 Å². The van der Waals surface area contributed by atoms with Gasteiger partial charge in [0.1, 0.15) is 6.04 Å². The van der Waals surface area contributed by atoms with Crippen molar-refractivity contribution < 1.29 is 9.59 Å². The molecular weight excluding hydrogens is 270 g/mol. The van der Waals surface area contributed by atoms with Crippen LogP contribution in [0, 0.1) is 5.92 Å². The summed E-state index contributed by atoms with van der Waals surface area (Å²) in [5, 5.41) is 10.8. The topological polar surface area (TPSA) is 80.1 Å². The molecule has 21 heavy (non-hydrogen) atoms. The fourth-order valence-electron chi connectivity index (χ4n) is 2.20. The van der Waals surface area contributed by atoms with Gasteiger partial charge in [0.2, 0.25) is 0 Å². The zero-order chi connectivity index (χ0) is 15.6. The van der Waals surface area contributed by atoms with Crippen LogP contribution >= 0.6 is 0 Å². The van der Waals surface area contributed by atoms with Crippen LogP contribution in [0.25, 0.3) is 0 Å². The molecule has 1 aromatic rings. The summed E-state index contributed by atoms with van der Waals surface area (Å²) in [6, 6.07) is -0.609. The Morgan fingerprint density at radius 3 is 2.62 bits per heavy atom. The molecule has 0 aromatic carbocycles. The molecule has 2 atom stereocenters. The van der Waals surface area contributed by atoms with Gasteiger partial charge < -0.3 is 5.32 Å². The number of imide groups is 1. The van der Waals surface area contributed by atoms with Crippen molar-refractivity contribution in [3.05, 3.63) is 11.9 Å². The van der Waals surface area contributed by atoms with Gasteiger partial charge in [0.15, 0.2) is 0 Å². The highest BCUT2D eigenvalue weighted by Crippen LogP contribution is 2.14. The highest BCUT2D eigenvalue weighted by Gasteiger charge is 2.38. The molecular formula is C14H23N5O2. The molecule has 1 saturated heterocycles. The second-order valence-corrected chi connectivity index (χ2v) is 5.95. The van der Waals surface area contributed by atoms with E-state index < -0.39 is 6.04 Å². The Bertz CT molecular complexity index is 525. The molecule has 0 spiro atoms. The number of nitrogens with one attached hydrogen (secondary N) is 1. The molecule has 0 radical (unpaired) electrons. The molecule has 116 valence electrons. The van der Waals surface area contributed by atoms with Crippen molar-refractivity contribution in [2.45, 2.75) is 52.6 Å². The highest BCUT2D eigenvalue weighted by atomic mass is 16.2. The van der Waals surface area contributed by atoms with Gasteiger partial charge in [-0.2, -0.15) is 0 Å². The number of amides is 3. The molecule has 1 aromatic heterocycles. The molecule has 1 N–H and O–H groups in total. The second-order valence-electron chi connectivity index (χ2n) is 5.95. The molecule has 1 fully saturated rings. The first-order chi connectivity index (χ1) is 9.92. The lowest BCUT2D eigenvalue weighted by Crippen LogP contribution is -2.35. The molecule has 1 aliphatic rings. The molecule has 2 heterocycles. The number of hydrogen-bond acceptors (Lipinski definition) is 4. The highest BCUT2D eigenvalue weighted by molar-refractivity contribution is 6.04. The van der Waals surface area contributed by atoms with Gasteiger partial charge in [-0.25, -0.2) is 9.48 Å². The van der Waals surface area contributed by atoms with E-state index in [0.717, 1.165) is 6.42 Å². The van der Waals surface area contributed by atoms with E-state index in [1.165, 1.54) is 4.90 Å². The first kappa shape index (κ1) is 15.5. The molecule has 2 unspecified atom stereocenters. The number of rotatable bonds is 6. The Hall–Kier alpha value is -1.92. The molecule has 0 aliphatic carbocycles. The normalized spacial score (nSPS) is 20.2. The Labute approximate surface area is 124 Å². The quantitative estimate of drug-likeness (QED) is 0.803. The van der Waals surface area contributed by atoms with Gasteiger partial charge in [-0.3, -0.25) is 9.69 Å². The standard InChI is InChI=1S/C14H23N5O2/c1-5-10(4)7-18-13(20)12(15-14(18)21)6-11-8-19(9(2)3)17-16-11/h8-10,12H,5-7H2,1-4H3,(H,15,21). The van der Waals surface area contributed by atoms with Crippen molar-refractivity contribution >= 4 is 11.9 Å². The SMILES string of the molecule is CCC(C)CN1C(=O)NC(Cc2cn(C(C)C)nn2)C1=O. The Kier molecular flexibility index (Phi) is 4.59. The van der Waals surface area contributed by atoms with Crippen molar-refractivity contribution in [2.24, 2.45) is 5.92 Å². The first-order valence-electron chi connectivity index (χ1n) is 7.45. The Morgan fingerprint density at radius 1 is 1.33 bits per heavy atom. The van der Waals surface area contributed by atoms with E-state index in [0.29, 0.717) is 24.6 Å². The summed E-state index contributed by atoms with van der Waals surface area (Å²) in [6.07, 6.45) is 3.14. The summed E-state index contributed by atoms with van der Waals surface area (Å²) in [4.78, 5) is 25.5. The van der Waals surface area contributed by atoms with Crippen LogP contribution in [0.15, 0.2) is 6.20 Å². The Balaban J connectivity index is 2.01. The lowest BCUT2D eigenvalue weighted by atomic mass is 10.1. The van der Waals surface area contributed by atoms with Gasteiger partial charge in [0, 0.05) is 25.2 Å². The van der Waals surface area contributed by atoms with Crippen molar-refractivity contribution in [2.75, 3.05) is 6.54 Å². The molecule has 0 saturated carbocycles. The van der Waals surface area contributed by atoms with E-state index in [-0.39, 0.29) is 18.0 Å². The summed E-state index contributed by atoms with van der Waals surface area (Å²) >= 11 is 0. The molecule has 0 bridgehead atoms. The van der Waals surface area contributed by atoms with Crippen LogP contribution in [0.3, 0.4) is 0 Å². The number of carbonyl (C=O) groups is 2. The minimum atomic E-state index is -0.529. The van der Waals surface area contributed by atoms with E-state index in [4.69, 9.17) is 0 Å². The minimum Gasteiger partial charge on any atom is -0.325 e. The van der Waals surface area contributed by atoms with E-state index >= 15 is 0 Å². The van der Waals surface area contributed by atoms with Gasteiger partial charge in [-0.1, -0.05) is 25.5 Å². The van der Waals surface area contributed by atoms with E-state index in [1.807, 2.05) is 33.9 Å². The maximum absolute atomic E-state index is 12.3. The van der Waals surface area contributed by atoms with Crippen molar-refractivity contribution in [3.8, 4) is 0 Å². The fourth-order valence-corrected chi connectivity index (χ4v) is 2.20. The van der Waals surface area contributed by atoms with Crippen molar-refractivity contribution in [3.63, 3.8) is 0 Å². The summed E-state index contributed by atoms with van der Waals surface area (Å²) in [5.41, 5.74) is 0.715. The fraction of sp³-hybridized carbons (Fsp3) is 0.714. The third-order valence-electron chi connectivity index (χ3n) is 3.80. The van der Waals surface area contributed by atoms with Gasteiger partial charge in [0.05, 0.1) is 5.69 Å².